The average molecular weight is 237 g/mol. The molecule has 1 unspecified atom stereocenters. The van der Waals surface area contributed by atoms with Crippen LogP contribution in [0.15, 0.2) is 18.2 Å². The van der Waals surface area contributed by atoms with Crippen LogP contribution in [0.1, 0.15) is 12.5 Å². The van der Waals surface area contributed by atoms with Gasteiger partial charge in [0.2, 0.25) is 0 Å². The van der Waals surface area contributed by atoms with Crippen molar-refractivity contribution in [2.45, 2.75) is 19.5 Å². The number of nitrogen functional groups attached to an aromatic ring is 1. The lowest BCUT2D eigenvalue weighted by atomic mass is 10.1. The van der Waals surface area contributed by atoms with Gasteiger partial charge in [0.05, 0.1) is 5.69 Å². The number of nitrogens with two attached hydrogens (primary N) is 1. The van der Waals surface area contributed by atoms with E-state index in [-0.39, 0.29) is 11.5 Å². The van der Waals surface area contributed by atoms with E-state index >= 15 is 0 Å². The molecule has 0 spiro atoms. The number of anilines is 1. The molecule has 17 heavy (non-hydrogen) atoms. The molecule has 1 heterocycles. The first-order valence-electron chi connectivity index (χ1n) is 6.03. The van der Waals surface area contributed by atoms with Crippen LogP contribution in [0.2, 0.25) is 0 Å². The smallest absolute Gasteiger partial charge is 0.146 e. The molecular formula is C13H20FN3. The lowest BCUT2D eigenvalue weighted by Crippen LogP contribution is -2.49. The second-order valence-electron chi connectivity index (χ2n) is 4.92. The second kappa shape index (κ2) is 5.02. The summed E-state index contributed by atoms with van der Waals surface area (Å²) < 4.78 is 13.3. The molecule has 3 nitrogen and oxygen atoms in total. The minimum absolute atomic E-state index is 0.223. The summed E-state index contributed by atoms with van der Waals surface area (Å²) >= 11 is 0. The average Bonchev–Trinajstić information content (AvgIpc) is 2.29. The topological polar surface area (TPSA) is 32.5 Å². The van der Waals surface area contributed by atoms with Crippen LogP contribution in [-0.2, 0) is 6.54 Å². The quantitative estimate of drug-likeness (QED) is 0.792. The van der Waals surface area contributed by atoms with E-state index in [1.54, 1.807) is 12.1 Å². The summed E-state index contributed by atoms with van der Waals surface area (Å²) in [5.74, 6) is -0.315. The van der Waals surface area contributed by atoms with E-state index in [0.717, 1.165) is 31.7 Å². The zero-order chi connectivity index (χ0) is 12.4. The molecule has 2 N–H and O–H groups in total. The van der Waals surface area contributed by atoms with Crippen LogP contribution in [0.5, 0.6) is 0 Å². The third kappa shape index (κ3) is 2.96. The summed E-state index contributed by atoms with van der Waals surface area (Å²) in [6.07, 6.45) is 0. The maximum absolute atomic E-state index is 13.3. The van der Waals surface area contributed by atoms with Crippen molar-refractivity contribution in [2.75, 3.05) is 32.4 Å². The van der Waals surface area contributed by atoms with E-state index in [0.29, 0.717) is 6.04 Å². The Balaban J connectivity index is 1.99. The van der Waals surface area contributed by atoms with Crippen molar-refractivity contribution in [3.8, 4) is 0 Å². The maximum Gasteiger partial charge on any atom is 0.146 e. The molecule has 1 aliphatic rings. The van der Waals surface area contributed by atoms with Crippen LogP contribution in [0.3, 0.4) is 0 Å². The summed E-state index contributed by atoms with van der Waals surface area (Å²) in [5, 5.41) is 0. The summed E-state index contributed by atoms with van der Waals surface area (Å²) in [6, 6.07) is 5.64. The van der Waals surface area contributed by atoms with Crippen LogP contribution in [0.4, 0.5) is 10.1 Å². The Kier molecular flexibility index (Phi) is 3.64. The minimum Gasteiger partial charge on any atom is -0.396 e. The fourth-order valence-corrected chi connectivity index (χ4v) is 2.19. The molecule has 0 aromatic heterocycles. The highest BCUT2D eigenvalue weighted by molar-refractivity contribution is 5.41. The summed E-state index contributed by atoms with van der Waals surface area (Å²) in [5.41, 5.74) is 6.68. The molecule has 94 valence electrons. The van der Waals surface area contributed by atoms with Gasteiger partial charge in [-0.3, -0.25) is 4.90 Å². The largest absolute Gasteiger partial charge is 0.396 e. The predicted octanol–water partition coefficient (Wildman–Crippen LogP) is 1.54. The molecule has 1 aromatic rings. The maximum atomic E-state index is 13.3. The van der Waals surface area contributed by atoms with Crippen molar-refractivity contribution in [3.05, 3.63) is 29.6 Å². The SMILES string of the molecule is CC1CN(Cc2ccc(N)c(F)c2)CCN1C. The molecule has 0 saturated carbocycles. The van der Waals surface area contributed by atoms with Gasteiger partial charge in [-0.05, 0) is 31.7 Å². The normalized spacial score (nSPS) is 22.9. The summed E-state index contributed by atoms with van der Waals surface area (Å²) in [4.78, 5) is 4.70. The van der Waals surface area contributed by atoms with E-state index in [1.165, 1.54) is 0 Å². The number of hydrogen-bond acceptors (Lipinski definition) is 3. The molecule has 1 fully saturated rings. The van der Waals surface area contributed by atoms with E-state index in [2.05, 4.69) is 23.8 Å². The third-order valence-electron chi connectivity index (χ3n) is 3.51. The molecule has 0 aliphatic carbocycles. The molecule has 4 heteroatoms. The molecule has 1 saturated heterocycles. The Hall–Kier alpha value is -1.13. The van der Waals surface area contributed by atoms with Gasteiger partial charge in [-0.1, -0.05) is 6.07 Å². The number of benzene rings is 1. The molecular weight excluding hydrogens is 217 g/mol. The van der Waals surface area contributed by atoms with Crippen molar-refractivity contribution in [1.82, 2.24) is 9.80 Å². The van der Waals surface area contributed by atoms with Crippen molar-refractivity contribution in [2.24, 2.45) is 0 Å². The van der Waals surface area contributed by atoms with Crippen molar-refractivity contribution < 1.29 is 4.39 Å². The number of halogens is 1. The van der Waals surface area contributed by atoms with Crippen LogP contribution in [0, 0.1) is 5.82 Å². The van der Waals surface area contributed by atoms with E-state index in [9.17, 15) is 4.39 Å². The van der Waals surface area contributed by atoms with E-state index in [1.807, 2.05) is 6.07 Å². The van der Waals surface area contributed by atoms with Crippen LogP contribution >= 0.6 is 0 Å². The Morgan fingerprint density at radius 3 is 2.82 bits per heavy atom. The van der Waals surface area contributed by atoms with Gasteiger partial charge < -0.3 is 10.6 Å². The molecule has 0 radical (unpaired) electrons. The van der Waals surface area contributed by atoms with Gasteiger partial charge in [0, 0.05) is 32.2 Å². The lowest BCUT2D eigenvalue weighted by molar-refractivity contribution is 0.0999. The molecule has 0 bridgehead atoms. The van der Waals surface area contributed by atoms with Crippen molar-refractivity contribution in [3.63, 3.8) is 0 Å². The Morgan fingerprint density at radius 1 is 1.41 bits per heavy atom. The highest BCUT2D eigenvalue weighted by Gasteiger charge is 2.20. The standard InChI is InChI=1S/C13H20FN3/c1-10-8-17(6-5-16(10)2)9-11-3-4-13(15)12(14)7-11/h3-4,7,10H,5-6,8-9,15H2,1-2H3. The molecule has 1 aromatic carbocycles. The highest BCUT2D eigenvalue weighted by Crippen LogP contribution is 2.15. The van der Waals surface area contributed by atoms with Crippen LogP contribution in [0.25, 0.3) is 0 Å². The van der Waals surface area contributed by atoms with Crippen molar-refractivity contribution in [1.29, 1.82) is 0 Å². The molecule has 1 atom stereocenters. The van der Waals surface area contributed by atoms with Gasteiger partial charge in [-0.15, -0.1) is 0 Å². The van der Waals surface area contributed by atoms with Crippen molar-refractivity contribution >= 4 is 5.69 Å². The van der Waals surface area contributed by atoms with Gasteiger partial charge in [0.1, 0.15) is 5.82 Å². The molecule has 1 aliphatic heterocycles. The number of rotatable bonds is 2. The first-order chi connectivity index (χ1) is 8.06. The van der Waals surface area contributed by atoms with Gasteiger partial charge in [-0.25, -0.2) is 4.39 Å². The second-order valence-corrected chi connectivity index (χ2v) is 4.92. The minimum atomic E-state index is -0.315. The first-order valence-corrected chi connectivity index (χ1v) is 6.03. The monoisotopic (exact) mass is 237 g/mol. The molecule has 0 amide bonds. The van der Waals surface area contributed by atoms with Gasteiger partial charge in [-0.2, -0.15) is 0 Å². The number of hydrogen-bond donors (Lipinski definition) is 1. The van der Waals surface area contributed by atoms with Gasteiger partial charge in [0.25, 0.3) is 0 Å². The first kappa shape index (κ1) is 12.3. The Morgan fingerprint density at radius 2 is 2.18 bits per heavy atom. The number of nitrogens with zero attached hydrogens (tertiary/aromatic N) is 2. The van der Waals surface area contributed by atoms with E-state index < -0.39 is 0 Å². The lowest BCUT2D eigenvalue weighted by Gasteiger charge is -2.37. The zero-order valence-electron chi connectivity index (χ0n) is 10.5. The summed E-state index contributed by atoms with van der Waals surface area (Å²) in [7, 11) is 2.14. The number of likely N-dealkylation sites (N-methyl/N-ethyl adjacent to an activating group) is 1. The highest BCUT2D eigenvalue weighted by atomic mass is 19.1. The fourth-order valence-electron chi connectivity index (χ4n) is 2.19. The Labute approximate surface area is 102 Å². The predicted molar refractivity (Wildman–Crippen MR) is 68.2 cm³/mol. The Bertz CT molecular complexity index is 394. The number of piperazine rings is 1. The fraction of sp³-hybridized carbons (Fsp3) is 0.538. The van der Waals surface area contributed by atoms with Crippen LogP contribution < -0.4 is 5.73 Å². The third-order valence-corrected chi connectivity index (χ3v) is 3.51. The van der Waals surface area contributed by atoms with Gasteiger partial charge >= 0.3 is 0 Å². The zero-order valence-corrected chi connectivity index (χ0v) is 10.5. The van der Waals surface area contributed by atoms with Crippen LogP contribution in [-0.4, -0.2) is 42.5 Å². The van der Waals surface area contributed by atoms with Gasteiger partial charge in [0.15, 0.2) is 0 Å². The summed E-state index contributed by atoms with van der Waals surface area (Å²) in [6.45, 7) is 6.15. The van der Waals surface area contributed by atoms with E-state index in [4.69, 9.17) is 5.73 Å². The molecule has 2 rings (SSSR count).